The van der Waals surface area contributed by atoms with Crippen LogP contribution in [0.1, 0.15) is 42.5 Å². The van der Waals surface area contributed by atoms with Crippen molar-refractivity contribution in [1.82, 2.24) is 5.32 Å². The van der Waals surface area contributed by atoms with Crippen LogP contribution in [-0.4, -0.2) is 27.1 Å². The number of amides is 1. The Hall–Kier alpha value is -1.27. The molecule has 0 bridgehead atoms. The number of carbonyl (C=O) groups is 1. The maximum atomic E-state index is 12.2. The maximum absolute atomic E-state index is 12.2. The van der Waals surface area contributed by atoms with Crippen LogP contribution in [0.5, 0.6) is 0 Å². The van der Waals surface area contributed by atoms with E-state index in [4.69, 9.17) is 11.6 Å². The SMILES string of the molecule is CS(=O)(=O)Nc1ccc(C(=O)NCC2CCCCC2)c(Cl)c1. The normalized spacial score (nSPS) is 16.3. The fourth-order valence-corrected chi connectivity index (χ4v) is 3.52. The van der Waals surface area contributed by atoms with Crippen molar-refractivity contribution in [2.75, 3.05) is 17.5 Å². The highest BCUT2D eigenvalue weighted by Gasteiger charge is 2.16. The number of sulfonamides is 1. The first-order chi connectivity index (χ1) is 10.3. The molecule has 0 radical (unpaired) electrons. The molecule has 1 aliphatic carbocycles. The Kier molecular flexibility index (Phi) is 5.69. The summed E-state index contributed by atoms with van der Waals surface area (Å²) in [5.74, 6) is 0.323. The second-order valence-corrected chi connectivity index (χ2v) is 7.94. The summed E-state index contributed by atoms with van der Waals surface area (Å²) in [6.45, 7) is 0.665. The van der Waals surface area contributed by atoms with Gasteiger partial charge in [0.1, 0.15) is 0 Å². The number of rotatable bonds is 5. The maximum Gasteiger partial charge on any atom is 0.252 e. The number of halogens is 1. The molecule has 0 spiro atoms. The monoisotopic (exact) mass is 344 g/mol. The molecular weight excluding hydrogens is 324 g/mol. The fourth-order valence-electron chi connectivity index (χ4n) is 2.70. The Morgan fingerprint density at radius 2 is 1.95 bits per heavy atom. The largest absolute Gasteiger partial charge is 0.352 e. The van der Waals surface area contributed by atoms with Gasteiger partial charge in [0.05, 0.1) is 16.8 Å². The standard InChI is InChI=1S/C15H21ClN2O3S/c1-22(20,21)18-12-7-8-13(14(16)9-12)15(19)17-10-11-5-3-2-4-6-11/h7-9,11,18H,2-6,10H2,1H3,(H,17,19). The molecule has 1 aliphatic rings. The molecular formula is C15H21ClN2O3S. The van der Waals surface area contributed by atoms with Crippen LogP contribution in [-0.2, 0) is 10.0 Å². The quantitative estimate of drug-likeness (QED) is 0.862. The molecule has 1 fully saturated rings. The van der Waals surface area contributed by atoms with Gasteiger partial charge in [-0.25, -0.2) is 8.42 Å². The average molecular weight is 345 g/mol. The Labute approximate surface area is 136 Å². The molecule has 22 heavy (non-hydrogen) atoms. The number of benzene rings is 1. The van der Waals surface area contributed by atoms with Gasteiger partial charge in [-0.1, -0.05) is 30.9 Å². The highest BCUT2D eigenvalue weighted by Crippen LogP contribution is 2.24. The second kappa shape index (κ2) is 7.33. The van der Waals surface area contributed by atoms with Crippen molar-refractivity contribution in [3.05, 3.63) is 28.8 Å². The third kappa shape index (κ3) is 5.18. The van der Waals surface area contributed by atoms with Crippen molar-refractivity contribution in [3.63, 3.8) is 0 Å². The Balaban J connectivity index is 1.97. The van der Waals surface area contributed by atoms with Crippen LogP contribution in [0.4, 0.5) is 5.69 Å². The lowest BCUT2D eigenvalue weighted by Gasteiger charge is -2.21. The Bertz CT molecular complexity index is 640. The van der Waals surface area contributed by atoms with Gasteiger partial charge in [0.25, 0.3) is 5.91 Å². The van der Waals surface area contributed by atoms with Crippen molar-refractivity contribution < 1.29 is 13.2 Å². The fraction of sp³-hybridized carbons (Fsp3) is 0.533. The summed E-state index contributed by atoms with van der Waals surface area (Å²) in [7, 11) is -3.36. The molecule has 7 heteroatoms. The van der Waals surface area contributed by atoms with Crippen LogP contribution >= 0.6 is 11.6 Å². The van der Waals surface area contributed by atoms with Crippen molar-refractivity contribution in [1.29, 1.82) is 0 Å². The first-order valence-corrected chi connectivity index (χ1v) is 9.67. The molecule has 0 saturated heterocycles. The molecule has 0 unspecified atom stereocenters. The van der Waals surface area contributed by atoms with Crippen LogP contribution in [0.2, 0.25) is 5.02 Å². The number of carbonyl (C=O) groups excluding carboxylic acids is 1. The van der Waals surface area contributed by atoms with E-state index < -0.39 is 10.0 Å². The molecule has 2 rings (SSSR count). The van der Waals surface area contributed by atoms with E-state index in [2.05, 4.69) is 10.0 Å². The minimum absolute atomic E-state index is 0.221. The topological polar surface area (TPSA) is 75.3 Å². The number of anilines is 1. The summed E-state index contributed by atoms with van der Waals surface area (Å²) in [5.41, 5.74) is 0.702. The zero-order valence-corrected chi connectivity index (χ0v) is 14.1. The third-order valence-electron chi connectivity index (χ3n) is 3.79. The molecule has 5 nitrogen and oxygen atoms in total. The van der Waals surface area contributed by atoms with Crippen LogP contribution in [0.25, 0.3) is 0 Å². The summed E-state index contributed by atoms with van der Waals surface area (Å²) in [6, 6.07) is 4.51. The first-order valence-electron chi connectivity index (χ1n) is 7.41. The van der Waals surface area contributed by atoms with Gasteiger partial charge < -0.3 is 5.32 Å². The van der Waals surface area contributed by atoms with E-state index in [0.29, 0.717) is 23.7 Å². The van der Waals surface area contributed by atoms with Gasteiger partial charge in [0.2, 0.25) is 10.0 Å². The first kappa shape index (κ1) is 17.1. The van der Waals surface area contributed by atoms with Crippen molar-refractivity contribution >= 4 is 33.2 Å². The summed E-state index contributed by atoms with van der Waals surface area (Å²) >= 11 is 6.08. The summed E-state index contributed by atoms with van der Waals surface area (Å²) in [5, 5.41) is 3.15. The van der Waals surface area contributed by atoms with E-state index in [-0.39, 0.29) is 10.9 Å². The van der Waals surface area contributed by atoms with Gasteiger partial charge in [-0.15, -0.1) is 0 Å². The van der Waals surface area contributed by atoms with E-state index in [1.54, 1.807) is 0 Å². The van der Waals surface area contributed by atoms with Gasteiger partial charge in [0, 0.05) is 12.2 Å². The number of hydrogen-bond donors (Lipinski definition) is 2. The average Bonchev–Trinajstić information content (AvgIpc) is 2.44. The van der Waals surface area contributed by atoms with Crippen LogP contribution in [0.15, 0.2) is 18.2 Å². The Morgan fingerprint density at radius 3 is 2.55 bits per heavy atom. The summed E-state index contributed by atoms with van der Waals surface area (Å²) in [4.78, 5) is 12.2. The van der Waals surface area contributed by atoms with Crippen molar-refractivity contribution in [2.45, 2.75) is 32.1 Å². The molecule has 122 valence electrons. The molecule has 1 aromatic carbocycles. The number of nitrogens with one attached hydrogen (secondary N) is 2. The van der Waals surface area contributed by atoms with Gasteiger partial charge >= 0.3 is 0 Å². The lowest BCUT2D eigenvalue weighted by Crippen LogP contribution is -2.30. The van der Waals surface area contributed by atoms with Crippen molar-refractivity contribution in [2.24, 2.45) is 5.92 Å². The van der Waals surface area contributed by atoms with E-state index in [9.17, 15) is 13.2 Å². The summed E-state index contributed by atoms with van der Waals surface area (Å²) in [6.07, 6.45) is 7.12. The molecule has 1 saturated carbocycles. The molecule has 1 aromatic rings. The minimum atomic E-state index is -3.36. The van der Waals surface area contributed by atoms with Crippen molar-refractivity contribution in [3.8, 4) is 0 Å². The molecule has 0 aliphatic heterocycles. The zero-order valence-electron chi connectivity index (χ0n) is 12.6. The van der Waals surface area contributed by atoms with Crippen LogP contribution < -0.4 is 10.0 Å². The minimum Gasteiger partial charge on any atom is -0.352 e. The second-order valence-electron chi connectivity index (χ2n) is 5.78. The zero-order chi connectivity index (χ0) is 16.2. The van der Waals surface area contributed by atoms with Crippen LogP contribution in [0, 0.1) is 5.92 Å². The lowest BCUT2D eigenvalue weighted by atomic mass is 9.89. The van der Waals surface area contributed by atoms with Gasteiger partial charge in [-0.2, -0.15) is 0 Å². The molecule has 0 heterocycles. The lowest BCUT2D eigenvalue weighted by molar-refractivity contribution is 0.0943. The van der Waals surface area contributed by atoms with Gasteiger partial charge in [0.15, 0.2) is 0 Å². The molecule has 1 amide bonds. The predicted octanol–water partition coefficient (Wildman–Crippen LogP) is 3.02. The third-order valence-corrected chi connectivity index (χ3v) is 4.71. The number of hydrogen-bond acceptors (Lipinski definition) is 3. The van der Waals surface area contributed by atoms with Gasteiger partial charge in [-0.3, -0.25) is 9.52 Å². The van der Waals surface area contributed by atoms with E-state index in [1.165, 1.54) is 37.5 Å². The van der Waals surface area contributed by atoms with Crippen LogP contribution in [0.3, 0.4) is 0 Å². The van der Waals surface area contributed by atoms with E-state index >= 15 is 0 Å². The Morgan fingerprint density at radius 1 is 1.27 bits per heavy atom. The highest BCUT2D eigenvalue weighted by molar-refractivity contribution is 7.92. The predicted molar refractivity (Wildman–Crippen MR) is 88.8 cm³/mol. The van der Waals surface area contributed by atoms with E-state index in [1.807, 2.05) is 0 Å². The smallest absolute Gasteiger partial charge is 0.252 e. The van der Waals surface area contributed by atoms with Gasteiger partial charge in [-0.05, 0) is 37.0 Å². The molecule has 0 atom stereocenters. The molecule has 0 aromatic heterocycles. The van der Waals surface area contributed by atoms with E-state index in [0.717, 1.165) is 19.1 Å². The summed E-state index contributed by atoms with van der Waals surface area (Å²) < 4.78 is 24.7. The highest BCUT2D eigenvalue weighted by atomic mass is 35.5. The molecule has 2 N–H and O–H groups in total.